The molecule has 5 aromatic rings. The van der Waals surface area contributed by atoms with Crippen LogP contribution in [0.3, 0.4) is 0 Å². The predicted molar refractivity (Wildman–Crippen MR) is 129 cm³/mol. The van der Waals surface area contributed by atoms with Gasteiger partial charge in [0.15, 0.2) is 17.8 Å². The number of nitrogens with zero attached hydrogens (tertiary/aromatic N) is 9. The molecule has 1 aliphatic rings. The molecule has 4 heterocycles. The highest BCUT2D eigenvalue weighted by Gasteiger charge is 2.33. The fourth-order valence-corrected chi connectivity index (χ4v) is 4.76. The van der Waals surface area contributed by atoms with E-state index >= 15 is 4.39 Å². The van der Waals surface area contributed by atoms with Crippen molar-refractivity contribution in [3.8, 4) is 28.1 Å². The first-order valence-electron chi connectivity index (χ1n) is 11.8. The smallest absolute Gasteiger partial charge is 0.333 e. The van der Waals surface area contributed by atoms with E-state index in [1.807, 2.05) is 0 Å². The van der Waals surface area contributed by atoms with E-state index in [9.17, 15) is 18.4 Å². The van der Waals surface area contributed by atoms with Crippen LogP contribution in [-0.2, 0) is 0 Å². The molecule has 0 N–H and O–H groups in total. The third-order valence-electron chi connectivity index (χ3n) is 6.63. The summed E-state index contributed by atoms with van der Waals surface area (Å²) in [6.07, 6.45) is 8.36. The normalized spacial score (nSPS) is 14.3. The summed E-state index contributed by atoms with van der Waals surface area (Å²) in [7, 11) is 0. The van der Waals surface area contributed by atoms with Gasteiger partial charge in [-0.05, 0) is 41.0 Å². The van der Waals surface area contributed by atoms with Crippen molar-refractivity contribution in [3.63, 3.8) is 0 Å². The molecule has 1 unspecified atom stereocenters. The molecule has 1 fully saturated rings. The van der Waals surface area contributed by atoms with E-state index in [4.69, 9.17) is 11.6 Å². The second-order valence-corrected chi connectivity index (χ2v) is 9.55. The summed E-state index contributed by atoms with van der Waals surface area (Å²) in [6.45, 7) is -3.04. The van der Waals surface area contributed by atoms with E-state index < -0.39 is 29.9 Å². The van der Waals surface area contributed by atoms with Crippen LogP contribution < -0.4 is 4.73 Å². The molecule has 0 saturated heterocycles. The van der Waals surface area contributed by atoms with E-state index in [0.717, 1.165) is 12.8 Å². The third kappa shape index (κ3) is 4.60. The molecular weight excluding hydrogens is 542 g/mol. The molecular formula is C24H18ClF4N9O. The Balaban J connectivity index is 1.40. The van der Waals surface area contributed by atoms with Gasteiger partial charge < -0.3 is 5.21 Å². The lowest BCUT2D eigenvalue weighted by molar-refractivity contribution is -0.615. The van der Waals surface area contributed by atoms with Crippen LogP contribution in [0.15, 0.2) is 55.4 Å². The van der Waals surface area contributed by atoms with Crippen molar-refractivity contribution in [2.45, 2.75) is 31.9 Å². The minimum absolute atomic E-state index is 0.0294. The summed E-state index contributed by atoms with van der Waals surface area (Å²) in [5, 5.41) is 31.9. The number of benzene rings is 1. The lowest BCUT2D eigenvalue weighted by Gasteiger charge is -2.18. The Morgan fingerprint density at radius 3 is 2.59 bits per heavy atom. The Bertz CT molecular complexity index is 1650. The van der Waals surface area contributed by atoms with E-state index in [1.165, 1.54) is 46.4 Å². The van der Waals surface area contributed by atoms with Gasteiger partial charge in [-0.3, -0.25) is 4.68 Å². The van der Waals surface area contributed by atoms with E-state index in [1.54, 1.807) is 12.1 Å². The number of halogens is 5. The average molecular weight is 560 g/mol. The van der Waals surface area contributed by atoms with Crippen LogP contribution in [-0.4, -0.2) is 39.8 Å². The van der Waals surface area contributed by atoms with Gasteiger partial charge in [0.25, 0.3) is 0 Å². The van der Waals surface area contributed by atoms with Crippen molar-refractivity contribution in [2.24, 2.45) is 5.92 Å². The van der Waals surface area contributed by atoms with Crippen LogP contribution >= 0.6 is 11.6 Å². The summed E-state index contributed by atoms with van der Waals surface area (Å²) in [5.41, 5.74) is 0.508. The topological polar surface area (TPSA) is 106 Å². The van der Waals surface area contributed by atoms with E-state index in [-0.39, 0.29) is 37.8 Å². The number of hydrogen-bond acceptors (Lipinski definition) is 6. The molecule has 0 amide bonds. The Kier molecular flexibility index (Phi) is 6.25. The molecule has 10 nitrogen and oxygen atoms in total. The van der Waals surface area contributed by atoms with Gasteiger partial charge in [0.1, 0.15) is 18.1 Å². The molecule has 1 saturated carbocycles. The molecule has 0 bridgehead atoms. The molecule has 6 rings (SSSR count). The van der Waals surface area contributed by atoms with Crippen LogP contribution in [0.25, 0.3) is 28.1 Å². The first kappa shape index (κ1) is 25.0. The molecule has 1 aliphatic carbocycles. The fraction of sp³-hybridized carbons (Fsp3) is 0.250. The summed E-state index contributed by atoms with van der Waals surface area (Å²) in [4.78, 5) is 0. The summed E-state index contributed by atoms with van der Waals surface area (Å²) >= 11 is 6.04. The number of hydrogen-bond donors (Lipinski definition) is 0. The molecule has 200 valence electrons. The number of tetrazole rings is 1. The molecule has 15 heteroatoms. The van der Waals surface area contributed by atoms with Crippen molar-refractivity contribution in [2.75, 3.05) is 0 Å². The maximum atomic E-state index is 15.2. The van der Waals surface area contributed by atoms with Crippen LogP contribution in [0.5, 0.6) is 0 Å². The van der Waals surface area contributed by atoms with E-state index in [0.29, 0.717) is 23.3 Å². The zero-order valence-corrected chi connectivity index (χ0v) is 20.6. The van der Waals surface area contributed by atoms with Crippen LogP contribution in [0.2, 0.25) is 5.02 Å². The quantitative estimate of drug-likeness (QED) is 0.154. The maximum Gasteiger partial charge on any atom is 0.333 e. The number of aromatic nitrogens is 9. The largest absolute Gasteiger partial charge is 0.618 e. The third-order valence-corrected chi connectivity index (χ3v) is 6.92. The Hall–Kier alpha value is -4.33. The average Bonchev–Trinajstić information content (AvgIpc) is 3.27. The first-order valence-corrected chi connectivity index (χ1v) is 12.2. The molecule has 39 heavy (non-hydrogen) atoms. The van der Waals surface area contributed by atoms with E-state index in [2.05, 4.69) is 25.7 Å². The molecule has 1 aromatic carbocycles. The predicted octanol–water partition coefficient (Wildman–Crippen LogP) is 4.74. The van der Waals surface area contributed by atoms with Gasteiger partial charge in [-0.1, -0.05) is 24.4 Å². The van der Waals surface area contributed by atoms with Crippen LogP contribution in [0.1, 0.15) is 37.5 Å². The Morgan fingerprint density at radius 1 is 1.08 bits per heavy atom. The van der Waals surface area contributed by atoms with Gasteiger partial charge in [-0.2, -0.15) is 28.4 Å². The van der Waals surface area contributed by atoms with Gasteiger partial charge in [0.05, 0.1) is 34.2 Å². The van der Waals surface area contributed by atoms with Crippen molar-refractivity contribution < 1.29 is 22.3 Å². The lowest BCUT2D eigenvalue weighted by Crippen LogP contribution is -2.35. The highest BCUT2D eigenvalue weighted by atomic mass is 35.5. The molecule has 4 aromatic heterocycles. The van der Waals surface area contributed by atoms with Gasteiger partial charge in [-0.15, -0.1) is 5.10 Å². The SMILES string of the molecule is [O-][n+]1cc(-c2c(-n3cnnn3)ccc(Cl)c2F)ccc1C(CC1CC1)n1cc(-c2c(F)cnn2C(F)F)cn1. The minimum Gasteiger partial charge on any atom is -0.618 e. The van der Waals surface area contributed by atoms with Crippen molar-refractivity contribution in [1.82, 2.24) is 39.8 Å². The lowest BCUT2D eigenvalue weighted by atomic mass is 10.0. The summed E-state index contributed by atoms with van der Waals surface area (Å²) < 4.78 is 59.8. The molecule has 0 spiro atoms. The van der Waals surface area contributed by atoms with Gasteiger partial charge in [0.2, 0.25) is 5.69 Å². The highest BCUT2D eigenvalue weighted by Crippen LogP contribution is 2.40. The monoisotopic (exact) mass is 559 g/mol. The maximum absolute atomic E-state index is 15.2. The van der Waals surface area contributed by atoms with Gasteiger partial charge in [0, 0.05) is 17.8 Å². The van der Waals surface area contributed by atoms with Crippen LogP contribution in [0.4, 0.5) is 17.6 Å². The zero-order chi connectivity index (χ0) is 27.3. The Labute approximate surface area is 222 Å². The minimum atomic E-state index is -3.04. The fourth-order valence-electron chi connectivity index (χ4n) is 4.60. The van der Waals surface area contributed by atoms with Crippen molar-refractivity contribution in [1.29, 1.82) is 0 Å². The molecule has 1 atom stereocenters. The Morgan fingerprint density at radius 2 is 1.90 bits per heavy atom. The van der Waals surface area contributed by atoms with Crippen LogP contribution in [0, 0.1) is 22.8 Å². The van der Waals surface area contributed by atoms with Gasteiger partial charge in [-0.25, -0.2) is 13.5 Å². The highest BCUT2D eigenvalue weighted by molar-refractivity contribution is 6.31. The molecule has 0 aliphatic heterocycles. The van der Waals surface area contributed by atoms with Gasteiger partial charge >= 0.3 is 6.55 Å². The first-order chi connectivity index (χ1) is 18.8. The second kappa shape index (κ2) is 9.76. The molecule has 0 radical (unpaired) electrons. The standard InChI is InChI=1S/C24H18ClF4N9O/c25-16-4-6-19(36-12-30-33-34-36)21(22(16)27)14-3-5-18(37(39)11-14)20(7-13-1-2-13)35-10-15(8-31-35)23-17(26)9-32-38(23)24(28)29/h3-6,8-13,20,24H,1-2,7H2. The second-order valence-electron chi connectivity index (χ2n) is 9.15. The number of rotatable bonds is 8. The number of pyridine rings is 1. The zero-order valence-electron chi connectivity index (χ0n) is 19.9. The summed E-state index contributed by atoms with van der Waals surface area (Å²) in [6, 6.07) is 5.42. The summed E-state index contributed by atoms with van der Waals surface area (Å²) in [5.74, 6) is -1.33. The van der Waals surface area contributed by atoms with Crippen molar-refractivity contribution in [3.05, 3.63) is 82.9 Å². The number of alkyl halides is 2. The van der Waals surface area contributed by atoms with Crippen molar-refractivity contribution >= 4 is 11.6 Å².